The second-order valence-corrected chi connectivity index (χ2v) is 11.1. The van der Waals surface area contributed by atoms with E-state index in [-0.39, 0.29) is 30.7 Å². The average molecular weight is 487 g/mol. The van der Waals surface area contributed by atoms with Gasteiger partial charge in [0.25, 0.3) is 0 Å². The van der Waals surface area contributed by atoms with Crippen molar-refractivity contribution in [2.24, 2.45) is 5.92 Å². The van der Waals surface area contributed by atoms with Crippen LogP contribution < -0.4 is 10.1 Å². The Morgan fingerprint density at radius 1 is 1.26 bits per heavy atom. The molecule has 1 aromatic rings. The van der Waals surface area contributed by atoms with Crippen LogP contribution in [-0.4, -0.2) is 82.2 Å². The number of ether oxygens (including phenoxy) is 2. The topological polar surface area (TPSA) is 129 Å². The van der Waals surface area contributed by atoms with Gasteiger partial charge in [-0.25, -0.2) is 0 Å². The maximum absolute atomic E-state index is 12.0. The third-order valence-corrected chi connectivity index (χ3v) is 9.45. The molecule has 9 heteroatoms. The number of piperidine rings is 1. The molecular formula is C26H34N2O7. The van der Waals surface area contributed by atoms with Crippen LogP contribution >= 0.6 is 0 Å². The van der Waals surface area contributed by atoms with Gasteiger partial charge in [-0.15, -0.1) is 0 Å². The number of aliphatic carboxylic acids is 2. The summed E-state index contributed by atoms with van der Waals surface area (Å²) in [6.45, 7) is 1.99. The minimum Gasteiger partial charge on any atom is -0.504 e. The molecular weight excluding hydrogens is 452 g/mol. The molecule has 9 nitrogen and oxygen atoms in total. The van der Waals surface area contributed by atoms with E-state index < -0.39 is 35.1 Å². The molecule has 1 saturated heterocycles. The number of methoxy groups -OCH3 is 1. The summed E-state index contributed by atoms with van der Waals surface area (Å²) in [7, 11) is 1.79. The summed E-state index contributed by atoms with van der Waals surface area (Å²) in [6, 6.07) is 2.62. The van der Waals surface area contributed by atoms with Gasteiger partial charge >= 0.3 is 11.9 Å². The lowest BCUT2D eigenvalue weighted by Crippen LogP contribution is -2.79. The molecule has 0 aromatic heterocycles. The Hall–Kier alpha value is -2.36. The minimum absolute atomic E-state index is 0.00243. The van der Waals surface area contributed by atoms with E-state index in [0.717, 1.165) is 43.8 Å². The fraction of sp³-hybridized carbons (Fsp3) is 0.692. The zero-order chi connectivity index (χ0) is 24.5. The standard InChI is InChI=1S/C26H34N2O7/c1-34-26-9-8-16(27-17(24(32)33)5-7-20(30)31)23-25(26)10-11-28(13-14-2-3-14)19(26)12-15-4-6-18(29)22(35-23)21(15)25/h4,6,14,16-17,19,23,27,29H,2-3,5,7-13H2,1H3,(H,30,31)(H,32,33)/t16-,17+,19-,23+,25+,26-/m1/s1. The lowest BCUT2D eigenvalue weighted by Gasteiger charge is -2.65. The monoisotopic (exact) mass is 486 g/mol. The number of nitrogens with one attached hydrogen (secondary N) is 1. The van der Waals surface area contributed by atoms with Gasteiger partial charge in [0.15, 0.2) is 11.5 Å². The van der Waals surface area contributed by atoms with E-state index in [2.05, 4.69) is 10.2 Å². The summed E-state index contributed by atoms with van der Waals surface area (Å²) in [6.07, 6.45) is 4.98. The Morgan fingerprint density at radius 2 is 2.06 bits per heavy atom. The molecule has 0 radical (unpaired) electrons. The molecule has 2 bridgehead atoms. The van der Waals surface area contributed by atoms with Crippen LogP contribution in [0.1, 0.15) is 56.1 Å². The van der Waals surface area contributed by atoms with Gasteiger partial charge in [-0.2, -0.15) is 0 Å². The highest BCUT2D eigenvalue weighted by Crippen LogP contribution is 2.66. The fourth-order valence-electron chi connectivity index (χ4n) is 7.84. The molecule has 2 saturated carbocycles. The van der Waals surface area contributed by atoms with E-state index in [1.807, 2.05) is 6.07 Å². The lowest BCUT2D eigenvalue weighted by atomic mass is 9.48. The average Bonchev–Trinajstić information content (AvgIpc) is 3.57. The molecule has 1 spiro atoms. The second kappa shape index (κ2) is 8.08. The molecule has 5 aliphatic rings. The first-order valence-corrected chi connectivity index (χ1v) is 12.8. The van der Waals surface area contributed by atoms with Crippen molar-refractivity contribution in [1.29, 1.82) is 0 Å². The number of phenolic OH excluding ortho intramolecular Hbond substituents is 1. The number of likely N-dealkylation sites (tertiary alicyclic amines) is 1. The van der Waals surface area contributed by atoms with Gasteiger partial charge in [-0.3, -0.25) is 19.8 Å². The smallest absolute Gasteiger partial charge is 0.320 e. The lowest BCUT2D eigenvalue weighted by molar-refractivity contribution is -0.208. The third kappa shape index (κ3) is 3.24. The highest BCUT2D eigenvalue weighted by molar-refractivity contribution is 5.75. The predicted molar refractivity (Wildman–Crippen MR) is 125 cm³/mol. The van der Waals surface area contributed by atoms with Crippen molar-refractivity contribution in [3.63, 3.8) is 0 Å². The number of hydrogen-bond acceptors (Lipinski definition) is 7. The molecule has 0 unspecified atom stereocenters. The first-order valence-electron chi connectivity index (χ1n) is 12.8. The first kappa shape index (κ1) is 23.1. The minimum atomic E-state index is -1.06. The quantitative estimate of drug-likeness (QED) is 0.414. The van der Waals surface area contributed by atoms with Gasteiger partial charge in [0, 0.05) is 37.7 Å². The van der Waals surface area contributed by atoms with Crippen LogP contribution in [0, 0.1) is 5.92 Å². The Labute approximate surface area is 204 Å². The van der Waals surface area contributed by atoms with E-state index in [0.29, 0.717) is 12.2 Å². The van der Waals surface area contributed by atoms with Crippen molar-refractivity contribution in [3.8, 4) is 11.5 Å². The van der Waals surface area contributed by atoms with Crippen LogP contribution in [0.3, 0.4) is 0 Å². The van der Waals surface area contributed by atoms with Crippen molar-refractivity contribution in [1.82, 2.24) is 10.2 Å². The summed E-state index contributed by atoms with van der Waals surface area (Å²) < 4.78 is 13.1. The maximum atomic E-state index is 12.0. The predicted octanol–water partition coefficient (Wildman–Crippen LogP) is 1.89. The van der Waals surface area contributed by atoms with Crippen molar-refractivity contribution < 1.29 is 34.4 Å². The van der Waals surface area contributed by atoms with Crippen LogP contribution in [-0.2, 0) is 26.2 Å². The van der Waals surface area contributed by atoms with E-state index >= 15 is 0 Å². The first-order chi connectivity index (χ1) is 16.8. The van der Waals surface area contributed by atoms with Crippen LogP contribution in [0.25, 0.3) is 0 Å². The van der Waals surface area contributed by atoms with Crippen LogP contribution in [0.15, 0.2) is 12.1 Å². The molecule has 35 heavy (non-hydrogen) atoms. The highest BCUT2D eigenvalue weighted by Gasteiger charge is 2.74. The van der Waals surface area contributed by atoms with Gasteiger partial charge < -0.3 is 24.8 Å². The summed E-state index contributed by atoms with van der Waals surface area (Å²) in [5.41, 5.74) is 1.23. The van der Waals surface area contributed by atoms with Crippen molar-refractivity contribution in [3.05, 3.63) is 23.3 Å². The molecule has 2 aliphatic heterocycles. The van der Waals surface area contributed by atoms with E-state index in [9.17, 15) is 19.8 Å². The molecule has 0 amide bonds. The molecule has 190 valence electrons. The van der Waals surface area contributed by atoms with Gasteiger partial charge in [-0.05, 0) is 69.0 Å². The number of aromatic hydroxyl groups is 1. The number of benzene rings is 1. The number of carbonyl (C=O) groups is 2. The highest BCUT2D eigenvalue weighted by atomic mass is 16.5. The number of rotatable bonds is 9. The Kier molecular flexibility index (Phi) is 5.32. The number of hydrogen-bond donors (Lipinski definition) is 4. The molecule has 2 heterocycles. The van der Waals surface area contributed by atoms with Gasteiger partial charge in [0.1, 0.15) is 12.1 Å². The molecule has 4 N–H and O–H groups in total. The SMILES string of the molecule is CO[C@@]12CC[C@@H](N[C@@H](CCC(=O)O)C(=O)O)[C@@H]3Oc4c(O)ccc5c4[C@@]31CCN(CC1CC1)[C@@H]2C5. The van der Waals surface area contributed by atoms with Crippen molar-refractivity contribution in [2.75, 3.05) is 20.2 Å². The normalized spacial score (nSPS) is 35.7. The fourth-order valence-corrected chi connectivity index (χ4v) is 7.84. The molecule has 1 aromatic carbocycles. The van der Waals surface area contributed by atoms with Gasteiger partial charge in [0.05, 0.1) is 11.0 Å². The van der Waals surface area contributed by atoms with Crippen molar-refractivity contribution in [2.45, 2.75) is 86.6 Å². The number of carboxylic acids is 2. The van der Waals surface area contributed by atoms with Crippen LogP contribution in [0.5, 0.6) is 11.5 Å². The zero-order valence-corrected chi connectivity index (χ0v) is 20.0. The van der Waals surface area contributed by atoms with E-state index in [1.165, 1.54) is 18.4 Å². The van der Waals surface area contributed by atoms with Gasteiger partial charge in [-0.1, -0.05) is 6.07 Å². The van der Waals surface area contributed by atoms with E-state index in [4.69, 9.17) is 14.6 Å². The molecule has 3 fully saturated rings. The van der Waals surface area contributed by atoms with Crippen LogP contribution in [0.4, 0.5) is 0 Å². The Balaban J connectivity index is 1.41. The largest absolute Gasteiger partial charge is 0.504 e. The zero-order valence-electron chi connectivity index (χ0n) is 20.0. The number of phenols is 1. The molecule has 6 atom stereocenters. The molecule has 6 rings (SSSR count). The number of carboxylic acid groups (broad SMARTS) is 2. The van der Waals surface area contributed by atoms with Crippen LogP contribution in [0.2, 0.25) is 0 Å². The second-order valence-electron chi connectivity index (χ2n) is 11.1. The number of nitrogens with zero attached hydrogens (tertiary/aromatic N) is 1. The summed E-state index contributed by atoms with van der Waals surface area (Å²) in [5, 5.41) is 33.0. The van der Waals surface area contributed by atoms with Gasteiger partial charge in [0.2, 0.25) is 0 Å². The Morgan fingerprint density at radius 3 is 2.74 bits per heavy atom. The summed E-state index contributed by atoms with van der Waals surface area (Å²) in [4.78, 5) is 25.7. The third-order valence-electron chi connectivity index (χ3n) is 9.45. The van der Waals surface area contributed by atoms with Crippen molar-refractivity contribution >= 4 is 11.9 Å². The maximum Gasteiger partial charge on any atom is 0.320 e. The Bertz CT molecular complexity index is 1060. The summed E-state index contributed by atoms with van der Waals surface area (Å²) in [5.74, 6) is -0.707. The molecule has 3 aliphatic carbocycles. The summed E-state index contributed by atoms with van der Waals surface area (Å²) >= 11 is 0. The van der Waals surface area contributed by atoms with E-state index in [1.54, 1.807) is 13.2 Å².